The second-order valence-corrected chi connectivity index (χ2v) is 8.66. The van der Waals surface area contributed by atoms with Crippen LogP contribution in [0.1, 0.15) is 5.56 Å². The highest BCUT2D eigenvalue weighted by Crippen LogP contribution is 2.39. The first-order valence-electron chi connectivity index (χ1n) is 8.61. The maximum atomic E-state index is 13.1. The number of aromatic nitrogens is 1. The summed E-state index contributed by atoms with van der Waals surface area (Å²) in [6.07, 6.45) is 2.06. The van der Waals surface area contributed by atoms with Crippen LogP contribution in [-0.4, -0.2) is 25.5 Å². The van der Waals surface area contributed by atoms with Crippen molar-refractivity contribution < 1.29 is 30.7 Å². The predicted molar refractivity (Wildman–Crippen MR) is 111 cm³/mol. The zero-order chi connectivity index (χ0) is 22.5. The minimum absolute atomic E-state index is 0.563. The Bertz CT molecular complexity index is 1110. The van der Waals surface area contributed by atoms with Crippen LogP contribution in [0.25, 0.3) is 22.3 Å². The van der Waals surface area contributed by atoms with Crippen LogP contribution in [0.4, 0.5) is 13.2 Å². The monoisotopic (exact) mass is 455 g/mol. The lowest BCUT2D eigenvalue weighted by Crippen LogP contribution is -2.27. The number of alkyl halides is 3. The molecular weight excluding hydrogens is 435 g/mol. The molecule has 0 saturated carbocycles. The van der Waals surface area contributed by atoms with E-state index in [0.717, 1.165) is 27.7 Å². The van der Waals surface area contributed by atoms with Gasteiger partial charge in [0, 0.05) is 11.2 Å². The molecule has 0 amide bonds. The molecule has 3 aromatic rings. The summed E-state index contributed by atoms with van der Waals surface area (Å²) in [5.41, 5.74) is 2.77. The van der Waals surface area contributed by atoms with Gasteiger partial charge in [0.25, 0.3) is 0 Å². The fourth-order valence-electron chi connectivity index (χ4n) is 2.82. The number of hydrogen-bond acceptors (Lipinski definition) is 4. The Kier molecular flexibility index (Phi) is 7.68. The number of nitrogens with zero attached hydrogens (tertiary/aromatic N) is 1. The van der Waals surface area contributed by atoms with Crippen LogP contribution in [0.5, 0.6) is 0 Å². The number of rotatable bonds is 3. The van der Waals surface area contributed by atoms with Gasteiger partial charge in [-0.2, -0.15) is 13.2 Å². The second-order valence-electron chi connectivity index (χ2n) is 6.43. The van der Waals surface area contributed by atoms with Crippen LogP contribution in [0.15, 0.2) is 71.9 Å². The van der Waals surface area contributed by atoms with E-state index in [0.29, 0.717) is 11.8 Å². The quantitative estimate of drug-likeness (QED) is 0.325. The van der Waals surface area contributed by atoms with Crippen LogP contribution in [0, 0.1) is 0 Å². The Morgan fingerprint density at radius 1 is 0.933 bits per heavy atom. The number of hydrogen-bond donors (Lipinski definition) is 0. The van der Waals surface area contributed by atoms with Gasteiger partial charge in [-0.15, -0.1) is 11.8 Å². The molecule has 0 radical (unpaired) electrons. The van der Waals surface area contributed by atoms with Crippen LogP contribution < -0.4 is 4.57 Å². The maximum absolute atomic E-state index is 13.1. The van der Waals surface area contributed by atoms with E-state index in [2.05, 4.69) is 0 Å². The molecule has 0 atom stereocenters. The van der Waals surface area contributed by atoms with Crippen LogP contribution in [0.2, 0.25) is 0 Å². The molecule has 4 nitrogen and oxygen atoms in total. The molecule has 0 aliphatic heterocycles. The van der Waals surface area contributed by atoms with Gasteiger partial charge < -0.3 is 4.55 Å². The molecule has 0 spiro atoms. The molecule has 1 aromatic heterocycles. The van der Waals surface area contributed by atoms with Crippen molar-refractivity contribution in [1.82, 2.24) is 0 Å². The number of halogens is 3. The molecule has 0 saturated heterocycles. The molecule has 0 aliphatic rings. The van der Waals surface area contributed by atoms with E-state index in [1.165, 1.54) is 23.9 Å². The number of thioether (sulfide) groups is 1. The summed E-state index contributed by atoms with van der Waals surface area (Å²) in [5.74, 6) is 0. The van der Waals surface area contributed by atoms with E-state index in [1.54, 1.807) is 6.07 Å². The molecule has 0 unspecified atom stereocenters. The highest BCUT2D eigenvalue weighted by atomic mass is 32.2. The Hall–Kier alpha value is -2.36. The molecule has 3 rings (SSSR count). The van der Waals surface area contributed by atoms with Crippen LogP contribution in [0.3, 0.4) is 0 Å². The fourth-order valence-corrected chi connectivity index (χ4v) is 3.60. The standard InChI is InChI=1S/C20H17F3NS.CH4O3S/c1-24-12-17(14-7-4-3-5-8-14)19(25-2)18(13-24)15-9-6-10-16(11-15)20(21,22)23;1-5(2,3)4/h3-13H,1-2H3;1H3,(H,2,3,4)/q+1;/p-1. The lowest BCUT2D eigenvalue weighted by molar-refractivity contribution is -0.670. The normalized spacial score (nSPS) is 11.6. The van der Waals surface area contributed by atoms with E-state index in [-0.39, 0.29) is 0 Å². The first-order valence-corrected chi connectivity index (χ1v) is 11.7. The van der Waals surface area contributed by atoms with Gasteiger partial charge in [0.2, 0.25) is 0 Å². The third kappa shape index (κ3) is 6.86. The first kappa shape index (κ1) is 23.9. The van der Waals surface area contributed by atoms with Crippen molar-refractivity contribution in [3.8, 4) is 22.3 Å². The molecule has 0 fully saturated rings. The molecule has 0 aliphatic carbocycles. The van der Waals surface area contributed by atoms with E-state index < -0.39 is 21.9 Å². The van der Waals surface area contributed by atoms with Crippen LogP contribution >= 0.6 is 11.8 Å². The third-order valence-corrected chi connectivity index (χ3v) is 4.79. The first-order chi connectivity index (χ1) is 13.9. The van der Waals surface area contributed by atoms with Crippen LogP contribution in [-0.2, 0) is 23.3 Å². The lowest BCUT2D eigenvalue weighted by atomic mass is 10.00. The summed E-state index contributed by atoms with van der Waals surface area (Å²) in [4.78, 5) is 0.962. The maximum Gasteiger partial charge on any atom is 0.416 e. The van der Waals surface area contributed by atoms with Crippen molar-refractivity contribution in [3.05, 3.63) is 72.6 Å². The number of pyridine rings is 1. The van der Waals surface area contributed by atoms with Gasteiger partial charge >= 0.3 is 6.18 Å². The average Bonchev–Trinajstić information content (AvgIpc) is 2.66. The van der Waals surface area contributed by atoms with Gasteiger partial charge in [0.15, 0.2) is 12.4 Å². The SMILES string of the molecule is CS(=O)(=O)[O-].CSc1c(-c2ccccc2)c[n+](C)cc1-c1cccc(C(F)(F)F)c1. The number of benzene rings is 2. The molecule has 0 N–H and O–H groups in total. The lowest BCUT2D eigenvalue weighted by Gasteiger charge is -2.13. The molecule has 30 heavy (non-hydrogen) atoms. The minimum Gasteiger partial charge on any atom is -0.748 e. The zero-order valence-electron chi connectivity index (χ0n) is 16.5. The molecule has 2 aromatic carbocycles. The fraction of sp³-hybridized carbons (Fsp3) is 0.190. The van der Waals surface area contributed by atoms with Gasteiger partial charge in [-0.3, -0.25) is 0 Å². The molecule has 9 heteroatoms. The largest absolute Gasteiger partial charge is 0.748 e. The molecule has 0 bridgehead atoms. The average molecular weight is 456 g/mol. The van der Waals surface area contributed by atoms with Crippen molar-refractivity contribution in [2.24, 2.45) is 7.05 Å². The van der Waals surface area contributed by atoms with Gasteiger partial charge in [-0.05, 0) is 29.5 Å². The van der Waals surface area contributed by atoms with E-state index >= 15 is 0 Å². The van der Waals surface area contributed by atoms with E-state index in [1.807, 2.05) is 60.6 Å². The smallest absolute Gasteiger partial charge is 0.416 e. The summed E-state index contributed by atoms with van der Waals surface area (Å²) in [5, 5.41) is 0. The van der Waals surface area contributed by atoms with Gasteiger partial charge in [-0.1, -0.05) is 42.5 Å². The summed E-state index contributed by atoms with van der Waals surface area (Å²) >= 11 is 1.54. The number of aryl methyl sites for hydroxylation is 1. The third-order valence-electron chi connectivity index (χ3n) is 3.94. The van der Waals surface area contributed by atoms with Crippen molar-refractivity contribution in [1.29, 1.82) is 0 Å². The van der Waals surface area contributed by atoms with Gasteiger partial charge in [-0.25, -0.2) is 13.0 Å². The van der Waals surface area contributed by atoms with Crippen molar-refractivity contribution in [2.75, 3.05) is 12.5 Å². The van der Waals surface area contributed by atoms with Gasteiger partial charge in [0.1, 0.15) is 7.05 Å². The molecular formula is C21H20F3NO3S2. The summed E-state index contributed by atoms with van der Waals surface area (Å²) in [6, 6.07) is 15.4. The predicted octanol–water partition coefficient (Wildman–Crippen LogP) is 4.75. The highest BCUT2D eigenvalue weighted by Gasteiger charge is 2.31. The Morgan fingerprint density at radius 2 is 1.43 bits per heavy atom. The molecule has 1 heterocycles. The van der Waals surface area contributed by atoms with Gasteiger partial charge in [0.05, 0.1) is 26.8 Å². The van der Waals surface area contributed by atoms with Crippen molar-refractivity contribution in [2.45, 2.75) is 11.1 Å². The summed E-state index contributed by atoms with van der Waals surface area (Å²) < 4.78 is 68.4. The Morgan fingerprint density at radius 3 is 1.93 bits per heavy atom. The topological polar surface area (TPSA) is 61.1 Å². The highest BCUT2D eigenvalue weighted by molar-refractivity contribution is 7.98. The Labute approximate surface area is 178 Å². The summed E-state index contributed by atoms with van der Waals surface area (Å²) in [7, 11) is -2.03. The molecule has 160 valence electrons. The van der Waals surface area contributed by atoms with Crippen molar-refractivity contribution >= 4 is 21.9 Å². The van der Waals surface area contributed by atoms with E-state index in [4.69, 9.17) is 13.0 Å². The minimum atomic E-state index is -4.35. The summed E-state index contributed by atoms with van der Waals surface area (Å²) in [6.45, 7) is 0. The van der Waals surface area contributed by atoms with E-state index in [9.17, 15) is 13.2 Å². The van der Waals surface area contributed by atoms with Crippen molar-refractivity contribution in [3.63, 3.8) is 0 Å². The zero-order valence-corrected chi connectivity index (χ0v) is 18.1. The second kappa shape index (κ2) is 9.63. The Balaban J connectivity index is 0.000000575.